The molecule has 0 radical (unpaired) electrons. The Balaban J connectivity index is 0.000000538. The molecule has 0 bridgehead atoms. The van der Waals surface area contributed by atoms with Crippen LogP contribution in [0.5, 0.6) is 5.75 Å². The Kier molecular flexibility index (Phi) is 8.80. The predicted octanol–water partition coefficient (Wildman–Crippen LogP) is 5.79. The maximum absolute atomic E-state index is 14.6. The molecule has 2 aromatic rings. The van der Waals surface area contributed by atoms with Gasteiger partial charge >= 0.3 is 5.97 Å². The third-order valence-corrected chi connectivity index (χ3v) is 6.04. The largest absolute Gasteiger partial charge is 0.496 e. The molecule has 0 fully saturated rings. The van der Waals surface area contributed by atoms with Crippen LogP contribution >= 0.6 is 9.24 Å². The molecule has 0 aliphatic carbocycles. The second-order valence-electron chi connectivity index (χ2n) is 8.31. The first kappa shape index (κ1) is 27.7. The molecule has 2 aliphatic rings. The molecule has 0 saturated carbocycles. The SMILES string of the molecule is CCOC(C)=O.COc1cccc([C@H]2OCC3=NCC(C)=C(C(F)(F)P)N3c3ccc(F)cc32)c1C. The third-order valence-electron chi connectivity index (χ3n) is 5.77. The van der Waals surface area contributed by atoms with Crippen LogP contribution in [0, 0.1) is 12.7 Å². The minimum atomic E-state index is -3.18. The van der Waals surface area contributed by atoms with Crippen molar-refractivity contribution in [3.63, 3.8) is 0 Å². The van der Waals surface area contributed by atoms with E-state index in [9.17, 15) is 18.0 Å². The number of hydrogen-bond donors (Lipinski definition) is 0. The lowest BCUT2D eigenvalue weighted by atomic mass is 9.95. The lowest BCUT2D eigenvalue weighted by Gasteiger charge is -2.35. The molecule has 0 aromatic heterocycles. The molecule has 4 rings (SSSR count). The van der Waals surface area contributed by atoms with Crippen molar-refractivity contribution in [3.05, 3.63) is 70.2 Å². The number of amidine groups is 1. The molecule has 6 nitrogen and oxygen atoms in total. The molecule has 10 heteroatoms. The van der Waals surface area contributed by atoms with E-state index in [1.165, 1.54) is 30.0 Å². The van der Waals surface area contributed by atoms with Crippen LogP contribution in [-0.2, 0) is 14.3 Å². The summed E-state index contributed by atoms with van der Waals surface area (Å²) in [5.74, 6) is 0.354. The van der Waals surface area contributed by atoms with Crippen molar-refractivity contribution in [2.45, 2.75) is 39.5 Å². The fourth-order valence-corrected chi connectivity index (χ4v) is 4.64. The number of alkyl halides is 2. The van der Waals surface area contributed by atoms with Gasteiger partial charge in [0.25, 0.3) is 5.66 Å². The van der Waals surface area contributed by atoms with Gasteiger partial charge in [-0.2, -0.15) is 8.78 Å². The number of esters is 1. The normalized spacial score (nSPS) is 17.2. The van der Waals surface area contributed by atoms with Crippen LogP contribution in [0.25, 0.3) is 0 Å². The van der Waals surface area contributed by atoms with Crippen molar-refractivity contribution in [2.24, 2.45) is 4.99 Å². The van der Waals surface area contributed by atoms with Gasteiger partial charge in [-0.05, 0) is 61.7 Å². The molecule has 36 heavy (non-hydrogen) atoms. The first-order valence-corrected chi connectivity index (χ1v) is 12.0. The molecular weight excluding hydrogens is 492 g/mol. The second kappa shape index (κ2) is 11.4. The molecule has 2 atom stereocenters. The van der Waals surface area contributed by atoms with Crippen molar-refractivity contribution in [1.82, 2.24) is 0 Å². The van der Waals surface area contributed by atoms with E-state index >= 15 is 0 Å². The highest BCUT2D eigenvalue weighted by atomic mass is 31.0. The Morgan fingerprint density at radius 3 is 2.56 bits per heavy atom. The monoisotopic (exact) mass is 522 g/mol. The van der Waals surface area contributed by atoms with Gasteiger partial charge in [0.2, 0.25) is 0 Å². The number of anilines is 1. The summed E-state index contributed by atoms with van der Waals surface area (Å²) in [4.78, 5) is 15.7. The minimum absolute atomic E-state index is 0.00907. The quantitative estimate of drug-likeness (QED) is 0.376. The first-order chi connectivity index (χ1) is 17.0. The van der Waals surface area contributed by atoms with Gasteiger partial charge in [-0.1, -0.05) is 21.4 Å². The fourth-order valence-electron chi connectivity index (χ4n) is 4.26. The van der Waals surface area contributed by atoms with Gasteiger partial charge in [0.15, 0.2) is 0 Å². The Morgan fingerprint density at radius 1 is 1.25 bits per heavy atom. The standard InChI is InChI=1S/C22H22F3N2O2P.C4H8O2/c1-12-10-26-19-11-29-20(15-5-4-6-18(28-3)13(15)2)16-9-14(23)7-8-17(16)27(19)21(12)22(24,25)30;1-3-6-4(2)5/h4-9,20H,10-11,30H2,1-3H3;3H2,1-2H3/t20-;/m1./s1. The highest BCUT2D eigenvalue weighted by molar-refractivity contribution is 7.18. The van der Waals surface area contributed by atoms with Gasteiger partial charge in [-0.3, -0.25) is 14.7 Å². The third kappa shape index (κ3) is 5.90. The predicted molar refractivity (Wildman–Crippen MR) is 136 cm³/mol. The number of benzene rings is 2. The summed E-state index contributed by atoms with van der Waals surface area (Å²) in [6, 6.07) is 9.63. The van der Waals surface area contributed by atoms with Crippen molar-refractivity contribution in [2.75, 3.05) is 31.8 Å². The van der Waals surface area contributed by atoms with Crippen LogP contribution in [0.2, 0.25) is 0 Å². The number of allylic oxidation sites excluding steroid dienone is 1. The molecule has 0 saturated heterocycles. The maximum Gasteiger partial charge on any atom is 0.302 e. The minimum Gasteiger partial charge on any atom is -0.496 e. The number of rotatable bonds is 4. The van der Waals surface area contributed by atoms with Crippen LogP contribution in [0.15, 0.2) is 52.7 Å². The molecule has 194 valence electrons. The van der Waals surface area contributed by atoms with Gasteiger partial charge < -0.3 is 14.2 Å². The summed E-state index contributed by atoms with van der Waals surface area (Å²) < 4.78 is 59.5. The maximum atomic E-state index is 14.6. The number of halogens is 3. The van der Waals surface area contributed by atoms with Crippen LogP contribution in [0.4, 0.5) is 18.9 Å². The van der Waals surface area contributed by atoms with Gasteiger partial charge in [0.1, 0.15) is 30.1 Å². The number of hydrogen-bond acceptors (Lipinski definition) is 6. The fraction of sp³-hybridized carbons (Fsp3) is 0.385. The number of fused-ring (bicyclic) bond motifs is 3. The van der Waals surface area contributed by atoms with Gasteiger partial charge in [0.05, 0.1) is 31.6 Å². The number of carbonyl (C=O) groups excluding carboxylic acids is 1. The zero-order valence-electron chi connectivity index (χ0n) is 20.9. The van der Waals surface area contributed by atoms with Crippen LogP contribution in [0.3, 0.4) is 0 Å². The molecule has 1 unspecified atom stereocenters. The molecule has 0 amide bonds. The van der Waals surface area contributed by atoms with E-state index in [4.69, 9.17) is 9.47 Å². The number of carbonyl (C=O) groups is 1. The molecule has 0 spiro atoms. The highest BCUT2D eigenvalue weighted by Crippen LogP contribution is 2.46. The van der Waals surface area contributed by atoms with E-state index in [-0.39, 0.29) is 24.8 Å². The van der Waals surface area contributed by atoms with E-state index in [0.29, 0.717) is 35.0 Å². The van der Waals surface area contributed by atoms with Crippen LogP contribution in [0.1, 0.15) is 43.6 Å². The number of methoxy groups -OCH3 is 1. The molecule has 2 heterocycles. The average Bonchev–Trinajstić information content (AvgIpc) is 2.95. The molecule has 0 N–H and O–H groups in total. The molecular formula is C26H30F3N2O4P. The summed E-state index contributed by atoms with van der Waals surface area (Å²) in [6.07, 6.45) is -0.668. The Labute approximate surface area is 211 Å². The second-order valence-corrected chi connectivity index (χ2v) is 9.04. The summed E-state index contributed by atoms with van der Waals surface area (Å²) in [7, 11) is 3.17. The highest BCUT2D eigenvalue weighted by Gasteiger charge is 2.42. The van der Waals surface area contributed by atoms with E-state index in [2.05, 4.69) is 9.73 Å². The Hall–Kier alpha value is -2.90. The molecule has 2 aliphatic heterocycles. The van der Waals surface area contributed by atoms with Crippen molar-refractivity contribution in [3.8, 4) is 5.75 Å². The number of ether oxygens (including phenoxy) is 3. The van der Waals surface area contributed by atoms with E-state index in [1.54, 1.807) is 30.2 Å². The zero-order chi connectivity index (χ0) is 26.6. The van der Waals surface area contributed by atoms with Crippen molar-refractivity contribution < 1.29 is 32.2 Å². The number of aliphatic imine (C=N–C) groups is 1. The van der Waals surface area contributed by atoms with E-state index in [0.717, 1.165) is 11.1 Å². The van der Waals surface area contributed by atoms with Gasteiger partial charge in [0, 0.05) is 12.5 Å². The zero-order valence-corrected chi connectivity index (χ0v) is 22.1. The van der Waals surface area contributed by atoms with Crippen LogP contribution < -0.4 is 9.64 Å². The lowest BCUT2D eigenvalue weighted by molar-refractivity contribution is -0.140. The summed E-state index contributed by atoms with van der Waals surface area (Å²) in [6.45, 7) is 7.34. The number of nitrogens with zero attached hydrogens (tertiary/aromatic N) is 2. The van der Waals surface area contributed by atoms with Gasteiger partial charge in [-0.25, -0.2) is 4.39 Å². The summed E-state index contributed by atoms with van der Waals surface area (Å²) in [5, 5.41) is 0. The van der Waals surface area contributed by atoms with Crippen molar-refractivity contribution >= 4 is 26.7 Å². The summed E-state index contributed by atoms with van der Waals surface area (Å²) in [5.41, 5.74) is -0.397. The lowest BCUT2D eigenvalue weighted by Crippen LogP contribution is -2.41. The smallest absolute Gasteiger partial charge is 0.302 e. The van der Waals surface area contributed by atoms with Gasteiger partial charge in [-0.15, -0.1) is 0 Å². The van der Waals surface area contributed by atoms with Crippen molar-refractivity contribution in [1.29, 1.82) is 0 Å². The van der Waals surface area contributed by atoms with E-state index < -0.39 is 17.6 Å². The Bertz CT molecular complexity index is 1190. The van der Waals surface area contributed by atoms with E-state index in [1.807, 2.05) is 25.1 Å². The summed E-state index contributed by atoms with van der Waals surface area (Å²) >= 11 is 0. The van der Waals surface area contributed by atoms with Crippen LogP contribution in [-0.4, -0.2) is 44.3 Å². The first-order valence-electron chi connectivity index (χ1n) is 11.4. The Morgan fingerprint density at radius 2 is 1.97 bits per heavy atom. The topological polar surface area (TPSA) is 60.4 Å². The molecule has 2 aromatic carbocycles. The average molecular weight is 523 g/mol.